The third kappa shape index (κ3) is 6.11. The Labute approximate surface area is 147 Å². The van der Waals surface area contributed by atoms with Gasteiger partial charge in [0.2, 0.25) is 15.9 Å². The lowest BCUT2D eigenvalue weighted by Gasteiger charge is -2.12. The molecule has 1 aliphatic heterocycles. The number of amides is 2. The van der Waals surface area contributed by atoms with Crippen molar-refractivity contribution in [2.45, 2.75) is 30.8 Å². The lowest BCUT2D eigenvalue weighted by Crippen LogP contribution is -2.33. The molecule has 2 amide bonds. The van der Waals surface area contributed by atoms with Crippen LogP contribution in [0.2, 0.25) is 0 Å². The Bertz CT molecular complexity index is 697. The van der Waals surface area contributed by atoms with Crippen LogP contribution < -0.4 is 15.4 Å². The highest BCUT2D eigenvalue weighted by molar-refractivity contribution is 7.89. The van der Waals surface area contributed by atoms with Gasteiger partial charge in [-0.2, -0.15) is 0 Å². The molecule has 25 heavy (non-hydrogen) atoms. The summed E-state index contributed by atoms with van der Waals surface area (Å²) in [6.07, 6.45) is 1.71. The van der Waals surface area contributed by atoms with Gasteiger partial charge in [0.1, 0.15) is 0 Å². The van der Waals surface area contributed by atoms with E-state index >= 15 is 0 Å². The number of benzene rings is 1. The summed E-state index contributed by atoms with van der Waals surface area (Å²) in [5.41, 5.74) is 0.348. The number of carbonyl (C=O) groups is 2. The van der Waals surface area contributed by atoms with Crippen molar-refractivity contribution in [1.29, 1.82) is 0 Å². The first-order valence-corrected chi connectivity index (χ1v) is 9.61. The molecule has 0 radical (unpaired) electrons. The van der Waals surface area contributed by atoms with Crippen LogP contribution in [-0.4, -0.2) is 52.6 Å². The molecule has 1 atom stereocenters. The first kappa shape index (κ1) is 19.4. The minimum Gasteiger partial charge on any atom is -0.377 e. The average molecular weight is 369 g/mol. The summed E-state index contributed by atoms with van der Waals surface area (Å²) in [4.78, 5) is 22.8. The van der Waals surface area contributed by atoms with E-state index in [1.807, 2.05) is 0 Å². The van der Waals surface area contributed by atoms with Gasteiger partial charge in [-0.1, -0.05) is 0 Å². The normalized spacial score (nSPS) is 17.2. The molecule has 1 aromatic carbocycles. The molecule has 1 aromatic rings. The summed E-state index contributed by atoms with van der Waals surface area (Å²) in [7, 11) is -3.63. The van der Waals surface area contributed by atoms with Crippen molar-refractivity contribution in [1.82, 2.24) is 15.4 Å². The molecular weight excluding hydrogens is 346 g/mol. The molecule has 0 spiro atoms. The highest BCUT2D eigenvalue weighted by Gasteiger charge is 2.20. The van der Waals surface area contributed by atoms with Crippen molar-refractivity contribution in [2.24, 2.45) is 0 Å². The van der Waals surface area contributed by atoms with Gasteiger partial charge in [0.25, 0.3) is 5.91 Å². The number of sulfonamides is 1. The topological polar surface area (TPSA) is 114 Å². The molecule has 1 heterocycles. The van der Waals surface area contributed by atoms with Crippen LogP contribution in [0.1, 0.15) is 30.1 Å². The maximum Gasteiger partial charge on any atom is 0.251 e. The quantitative estimate of drug-likeness (QED) is 0.559. The van der Waals surface area contributed by atoms with Crippen LogP contribution in [0, 0.1) is 0 Å². The van der Waals surface area contributed by atoms with Crippen LogP contribution in [0.15, 0.2) is 29.2 Å². The number of hydrogen-bond donors (Lipinski definition) is 3. The van der Waals surface area contributed by atoms with E-state index in [1.54, 1.807) is 0 Å². The number of ether oxygens (including phenoxy) is 1. The second kappa shape index (κ2) is 8.93. The number of nitrogens with one attached hydrogen (secondary N) is 3. The Morgan fingerprint density at radius 1 is 1.16 bits per heavy atom. The number of carbonyl (C=O) groups excluding carboxylic acids is 2. The molecule has 0 unspecified atom stereocenters. The van der Waals surface area contributed by atoms with Gasteiger partial charge in [-0.15, -0.1) is 0 Å². The molecule has 9 heteroatoms. The van der Waals surface area contributed by atoms with Crippen LogP contribution in [0.5, 0.6) is 0 Å². The van der Waals surface area contributed by atoms with Gasteiger partial charge < -0.3 is 15.4 Å². The van der Waals surface area contributed by atoms with Crippen molar-refractivity contribution in [3.8, 4) is 0 Å². The fourth-order valence-corrected chi connectivity index (χ4v) is 3.46. The molecule has 3 N–H and O–H groups in total. The van der Waals surface area contributed by atoms with Crippen LogP contribution in [-0.2, 0) is 19.6 Å². The van der Waals surface area contributed by atoms with Crippen molar-refractivity contribution >= 4 is 21.8 Å². The van der Waals surface area contributed by atoms with Gasteiger partial charge in [0.05, 0.1) is 11.0 Å². The van der Waals surface area contributed by atoms with Gasteiger partial charge in [-0.05, 0) is 37.1 Å². The number of hydrogen-bond acceptors (Lipinski definition) is 5. The summed E-state index contributed by atoms with van der Waals surface area (Å²) in [5, 5.41) is 5.21. The highest BCUT2D eigenvalue weighted by atomic mass is 32.2. The fourth-order valence-electron chi connectivity index (χ4n) is 2.39. The Kier molecular flexibility index (Phi) is 6.91. The summed E-state index contributed by atoms with van der Waals surface area (Å²) in [5.74, 6) is -0.499. The zero-order chi connectivity index (χ0) is 18.3. The predicted octanol–water partition coefficient (Wildman–Crippen LogP) is 0.00980. The lowest BCUT2D eigenvalue weighted by atomic mass is 10.2. The van der Waals surface area contributed by atoms with Gasteiger partial charge >= 0.3 is 0 Å². The van der Waals surface area contributed by atoms with E-state index in [-0.39, 0.29) is 29.4 Å². The van der Waals surface area contributed by atoms with E-state index in [2.05, 4.69) is 15.4 Å². The van der Waals surface area contributed by atoms with E-state index in [4.69, 9.17) is 4.74 Å². The van der Waals surface area contributed by atoms with Gasteiger partial charge in [0, 0.05) is 38.7 Å². The molecule has 8 nitrogen and oxygen atoms in total. The molecule has 1 aliphatic rings. The average Bonchev–Trinajstić information content (AvgIpc) is 3.10. The van der Waals surface area contributed by atoms with Crippen molar-refractivity contribution in [2.75, 3.05) is 26.2 Å². The maximum atomic E-state index is 12.2. The molecule has 1 saturated heterocycles. The smallest absolute Gasteiger partial charge is 0.251 e. The minimum atomic E-state index is -3.63. The zero-order valence-corrected chi connectivity index (χ0v) is 14.9. The van der Waals surface area contributed by atoms with Gasteiger partial charge in [0.15, 0.2) is 0 Å². The SMILES string of the molecule is CC(=O)NCCNC(=O)c1ccc(S(=O)(=O)NC[C@H]2CCCO2)cc1. The first-order valence-electron chi connectivity index (χ1n) is 8.12. The Hall–Kier alpha value is -1.97. The highest BCUT2D eigenvalue weighted by Crippen LogP contribution is 2.14. The molecule has 0 bridgehead atoms. The van der Waals surface area contributed by atoms with Crippen molar-refractivity contribution in [3.63, 3.8) is 0 Å². The Balaban J connectivity index is 1.87. The maximum absolute atomic E-state index is 12.2. The third-order valence-corrected chi connectivity index (χ3v) is 5.18. The molecule has 2 rings (SSSR count). The van der Waals surface area contributed by atoms with E-state index < -0.39 is 10.0 Å². The first-order chi connectivity index (χ1) is 11.9. The van der Waals surface area contributed by atoms with E-state index in [9.17, 15) is 18.0 Å². The fraction of sp³-hybridized carbons (Fsp3) is 0.500. The van der Waals surface area contributed by atoms with Crippen LogP contribution in [0.25, 0.3) is 0 Å². The van der Waals surface area contributed by atoms with E-state index in [0.29, 0.717) is 25.3 Å². The van der Waals surface area contributed by atoms with Crippen LogP contribution >= 0.6 is 0 Å². The van der Waals surface area contributed by atoms with Crippen LogP contribution in [0.3, 0.4) is 0 Å². The van der Waals surface area contributed by atoms with Crippen LogP contribution in [0.4, 0.5) is 0 Å². The molecular formula is C16H23N3O5S. The minimum absolute atomic E-state index is 0.0802. The molecule has 138 valence electrons. The Morgan fingerprint density at radius 3 is 2.44 bits per heavy atom. The van der Waals surface area contributed by atoms with Gasteiger partial charge in [-0.3, -0.25) is 9.59 Å². The third-order valence-electron chi connectivity index (χ3n) is 3.74. The zero-order valence-electron chi connectivity index (χ0n) is 14.1. The molecule has 0 aliphatic carbocycles. The summed E-state index contributed by atoms with van der Waals surface area (Å²) in [6, 6.07) is 5.68. The lowest BCUT2D eigenvalue weighted by molar-refractivity contribution is -0.118. The van der Waals surface area contributed by atoms with Crippen molar-refractivity contribution < 1.29 is 22.7 Å². The molecule has 0 aromatic heterocycles. The van der Waals surface area contributed by atoms with E-state index in [0.717, 1.165) is 12.8 Å². The monoisotopic (exact) mass is 369 g/mol. The molecule has 0 saturated carbocycles. The number of rotatable bonds is 8. The van der Waals surface area contributed by atoms with Crippen molar-refractivity contribution in [3.05, 3.63) is 29.8 Å². The largest absolute Gasteiger partial charge is 0.377 e. The predicted molar refractivity (Wildman–Crippen MR) is 91.6 cm³/mol. The molecule has 1 fully saturated rings. The second-order valence-electron chi connectivity index (χ2n) is 5.75. The summed E-state index contributed by atoms with van der Waals surface area (Å²) in [6.45, 7) is 2.93. The summed E-state index contributed by atoms with van der Waals surface area (Å²) >= 11 is 0. The van der Waals surface area contributed by atoms with Gasteiger partial charge in [-0.25, -0.2) is 13.1 Å². The summed E-state index contributed by atoms with van der Waals surface area (Å²) < 4.78 is 32.4. The standard InChI is InChI=1S/C16H23N3O5S/c1-12(20)17-8-9-18-16(21)13-4-6-15(7-5-13)25(22,23)19-11-14-3-2-10-24-14/h4-7,14,19H,2-3,8-11H2,1H3,(H,17,20)(H,18,21)/t14-/m1/s1. The Morgan fingerprint density at radius 2 is 1.84 bits per heavy atom. The van der Waals surface area contributed by atoms with E-state index in [1.165, 1.54) is 31.2 Å². The second-order valence-corrected chi connectivity index (χ2v) is 7.52.